The van der Waals surface area contributed by atoms with E-state index in [1.807, 2.05) is 41.1 Å². The fourth-order valence-electron chi connectivity index (χ4n) is 3.40. The molecule has 0 unspecified atom stereocenters. The van der Waals surface area contributed by atoms with Crippen LogP contribution in [-0.4, -0.2) is 41.2 Å². The largest absolute Gasteiger partial charge is 0.489 e. The third kappa shape index (κ3) is 4.80. The van der Waals surface area contributed by atoms with Crippen LogP contribution in [0.5, 0.6) is 11.5 Å². The van der Waals surface area contributed by atoms with Gasteiger partial charge < -0.3 is 24.1 Å². The minimum atomic E-state index is -0.692. The number of benzene rings is 2. The highest BCUT2D eigenvalue weighted by molar-refractivity contribution is 5.95. The molecule has 2 heterocycles. The van der Waals surface area contributed by atoms with Crippen LogP contribution in [0.4, 0.5) is 11.4 Å². The van der Waals surface area contributed by atoms with Gasteiger partial charge in [-0.1, -0.05) is 18.2 Å². The highest BCUT2D eigenvalue weighted by atomic mass is 16.6. The molecule has 0 fully saturated rings. The summed E-state index contributed by atoms with van der Waals surface area (Å²) in [5.41, 5.74) is 0.604. The topological polar surface area (TPSA) is 122 Å². The first-order valence-electron chi connectivity index (χ1n) is 10.1. The molecule has 0 bridgehead atoms. The Bertz CT molecular complexity index is 1170. The Hall–Kier alpha value is -4.08. The normalized spacial score (nSPS) is 12.8. The number of fused-ring (bicyclic) bond motifs is 2. The molecule has 0 radical (unpaired) electrons. The molecule has 166 valence electrons. The van der Waals surface area contributed by atoms with Gasteiger partial charge in [-0.25, -0.2) is 0 Å². The van der Waals surface area contributed by atoms with E-state index >= 15 is 0 Å². The number of hydrogen-bond acceptors (Lipinski definition) is 7. The van der Waals surface area contributed by atoms with Crippen molar-refractivity contribution in [2.24, 2.45) is 0 Å². The van der Waals surface area contributed by atoms with Crippen LogP contribution < -0.4 is 14.8 Å². The molecule has 1 aromatic heterocycles. The number of aromatic nitrogens is 1. The number of amides is 1. The Morgan fingerprint density at radius 2 is 1.88 bits per heavy atom. The van der Waals surface area contributed by atoms with Gasteiger partial charge in [0.1, 0.15) is 5.69 Å². The van der Waals surface area contributed by atoms with Crippen molar-refractivity contribution in [3.05, 3.63) is 58.8 Å². The van der Waals surface area contributed by atoms with E-state index in [1.54, 1.807) is 0 Å². The third-order valence-electron chi connectivity index (χ3n) is 4.94. The van der Waals surface area contributed by atoms with E-state index in [9.17, 15) is 19.7 Å². The number of ether oxygens (including phenoxy) is 3. The lowest BCUT2D eigenvalue weighted by molar-refractivity contribution is -0.384. The summed E-state index contributed by atoms with van der Waals surface area (Å²) in [4.78, 5) is 35.1. The fourth-order valence-corrected chi connectivity index (χ4v) is 3.40. The minimum Gasteiger partial charge on any atom is -0.489 e. The summed E-state index contributed by atoms with van der Waals surface area (Å²) >= 11 is 0. The average Bonchev–Trinajstić information content (AvgIpc) is 3.05. The van der Waals surface area contributed by atoms with Gasteiger partial charge in [0.2, 0.25) is 0 Å². The van der Waals surface area contributed by atoms with Crippen LogP contribution in [0.1, 0.15) is 12.8 Å². The van der Waals surface area contributed by atoms with Crippen molar-refractivity contribution in [3.63, 3.8) is 0 Å². The van der Waals surface area contributed by atoms with E-state index in [1.165, 1.54) is 12.1 Å². The van der Waals surface area contributed by atoms with Gasteiger partial charge in [-0.05, 0) is 17.5 Å². The molecule has 0 saturated carbocycles. The van der Waals surface area contributed by atoms with E-state index in [0.29, 0.717) is 31.9 Å². The summed E-state index contributed by atoms with van der Waals surface area (Å²) < 4.78 is 17.9. The Balaban J connectivity index is 1.34. The number of nitro benzene ring substituents is 1. The highest BCUT2D eigenvalue weighted by Gasteiger charge is 2.23. The zero-order valence-corrected chi connectivity index (χ0v) is 17.1. The van der Waals surface area contributed by atoms with Crippen molar-refractivity contribution in [1.82, 2.24) is 4.57 Å². The number of para-hydroxylation sites is 1. The van der Waals surface area contributed by atoms with Gasteiger partial charge in [0.05, 0.1) is 30.6 Å². The number of carbonyl (C=O) groups excluding carboxylic acids is 2. The summed E-state index contributed by atoms with van der Waals surface area (Å²) in [6.07, 6.45) is 2.60. The Kier molecular flexibility index (Phi) is 6.20. The highest BCUT2D eigenvalue weighted by Crippen LogP contribution is 2.39. The summed E-state index contributed by atoms with van der Waals surface area (Å²) in [6.45, 7) is 0.621. The van der Waals surface area contributed by atoms with Gasteiger partial charge in [-0.3, -0.25) is 19.7 Å². The lowest BCUT2D eigenvalue weighted by Gasteiger charge is -2.11. The molecule has 1 aliphatic rings. The van der Waals surface area contributed by atoms with Gasteiger partial charge in [-0.15, -0.1) is 0 Å². The van der Waals surface area contributed by atoms with E-state index in [4.69, 9.17) is 14.2 Å². The van der Waals surface area contributed by atoms with Crippen LogP contribution in [0.3, 0.4) is 0 Å². The molecule has 32 heavy (non-hydrogen) atoms. The van der Waals surface area contributed by atoms with Gasteiger partial charge >= 0.3 is 5.97 Å². The van der Waals surface area contributed by atoms with E-state index in [0.717, 1.165) is 10.9 Å². The number of rotatable bonds is 7. The van der Waals surface area contributed by atoms with E-state index in [2.05, 4.69) is 5.32 Å². The second-order valence-corrected chi connectivity index (χ2v) is 7.15. The summed E-state index contributed by atoms with van der Waals surface area (Å²) in [5, 5.41) is 14.9. The number of carbonyl (C=O) groups is 2. The monoisotopic (exact) mass is 439 g/mol. The van der Waals surface area contributed by atoms with Crippen LogP contribution in [0, 0.1) is 10.1 Å². The molecule has 0 spiro atoms. The van der Waals surface area contributed by atoms with E-state index in [-0.39, 0.29) is 23.5 Å². The third-order valence-corrected chi connectivity index (χ3v) is 4.94. The molecule has 10 nitrogen and oxygen atoms in total. The zero-order chi connectivity index (χ0) is 22.5. The van der Waals surface area contributed by atoms with Crippen molar-refractivity contribution in [2.75, 3.05) is 25.1 Å². The maximum Gasteiger partial charge on any atom is 0.308 e. The van der Waals surface area contributed by atoms with Crippen molar-refractivity contribution in [2.45, 2.75) is 19.4 Å². The molecule has 2 aromatic carbocycles. The van der Waals surface area contributed by atoms with Crippen molar-refractivity contribution < 1.29 is 28.7 Å². The molecule has 10 heteroatoms. The number of esters is 1. The number of nitrogens with zero attached hydrogens (tertiary/aromatic N) is 2. The second-order valence-electron chi connectivity index (χ2n) is 7.15. The molecular formula is C22H21N3O7. The lowest BCUT2D eigenvalue weighted by atomic mass is 10.2. The average molecular weight is 439 g/mol. The van der Waals surface area contributed by atoms with Gasteiger partial charge in [-0.2, -0.15) is 0 Å². The molecule has 0 atom stereocenters. The molecule has 0 aliphatic carbocycles. The predicted molar refractivity (Wildman–Crippen MR) is 115 cm³/mol. The maximum absolute atomic E-state index is 12.2. The van der Waals surface area contributed by atoms with E-state index < -0.39 is 23.4 Å². The molecule has 1 amide bonds. The number of hydrogen-bond donors (Lipinski definition) is 1. The smallest absolute Gasteiger partial charge is 0.308 e. The molecule has 0 saturated heterocycles. The Labute approximate surface area is 182 Å². The summed E-state index contributed by atoms with van der Waals surface area (Å²) in [6, 6.07) is 12.3. The van der Waals surface area contributed by atoms with Crippen LogP contribution in [0.15, 0.2) is 48.7 Å². The number of nitro groups is 1. The number of nitrogens with one attached hydrogen (secondary N) is 1. The van der Waals surface area contributed by atoms with Gasteiger partial charge in [0, 0.05) is 30.7 Å². The molecule has 3 aromatic rings. The van der Waals surface area contributed by atoms with Gasteiger partial charge in [0.25, 0.3) is 11.6 Å². The van der Waals surface area contributed by atoms with Gasteiger partial charge in [0.15, 0.2) is 18.1 Å². The van der Waals surface area contributed by atoms with Crippen LogP contribution >= 0.6 is 0 Å². The number of anilines is 1. The zero-order valence-electron chi connectivity index (χ0n) is 17.1. The van der Waals surface area contributed by atoms with Crippen molar-refractivity contribution in [1.29, 1.82) is 0 Å². The van der Waals surface area contributed by atoms with Crippen molar-refractivity contribution in [3.8, 4) is 11.5 Å². The molecule has 1 N–H and O–H groups in total. The van der Waals surface area contributed by atoms with Crippen LogP contribution in [0.2, 0.25) is 0 Å². The summed E-state index contributed by atoms with van der Waals surface area (Å²) in [5.74, 6) is -0.691. The lowest BCUT2D eigenvalue weighted by Crippen LogP contribution is -2.22. The maximum atomic E-state index is 12.2. The first-order valence-corrected chi connectivity index (χ1v) is 10.1. The Morgan fingerprint density at radius 3 is 2.66 bits per heavy atom. The van der Waals surface area contributed by atoms with Crippen molar-refractivity contribution >= 4 is 34.2 Å². The first kappa shape index (κ1) is 21.2. The first-order chi connectivity index (χ1) is 15.5. The fraction of sp³-hybridized carbons (Fsp3) is 0.273. The summed E-state index contributed by atoms with van der Waals surface area (Å²) in [7, 11) is 0. The molecule has 1 aliphatic heterocycles. The number of aryl methyl sites for hydroxylation is 1. The SMILES string of the molecule is O=C(COC(=O)CCn1ccc2ccccc21)Nc1cc2c(cc1[N+](=O)[O-])OCCCO2. The molecular weight excluding hydrogens is 418 g/mol. The standard InChI is InChI=1S/C22H21N3O7/c26-21(14-32-22(27)7-9-24-8-6-15-4-1-2-5-17(15)24)23-16-12-19-20(13-18(16)25(28)29)31-11-3-10-30-19/h1-2,4-6,8,12-13H,3,7,9-11,14H2,(H,23,26). The quantitative estimate of drug-likeness (QED) is 0.340. The molecule has 4 rings (SSSR count). The second kappa shape index (κ2) is 9.38. The van der Waals surface area contributed by atoms with Crippen LogP contribution in [-0.2, 0) is 20.9 Å². The predicted octanol–water partition coefficient (Wildman–Crippen LogP) is 3.28. The Morgan fingerprint density at radius 1 is 1.12 bits per heavy atom. The minimum absolute atomic E-state index is 0.0564. The van der Waals surface area contributed by atoms with Crippen LogP contribution in [0.25, 0.3) is 10.9 Å².